The zero-order valence-electron chi connectivity index (χ0n) is 9.75. The maximum absolute atomic E-state index is 5.51. The first-order valence-corrected chi connectivity index (χ1v) is 5.48. The summed E-state index contributed by atoms with van der Waals surface area (Å²) >= 11 is 0. The summed E-state index contributed by atoms with van der Waals surface area (Å²) in [6, 6.07) is 11.6. The third-order valence-corrected chi connectivity index (χ3v) is 2.51. The molecule has 1 N–H and O–H groups in total. The molecule has 2 heterocycles. The highest BCUT2D eigenvalue weighted by Crippen LogP contribution is 2.22. The van der Waals surface area contributed by atoms with Crippen LogP contribution in [0.15, 0.2) is 47.0 Å². The Morgan fingerprint density at radius 1 is 1.17 bits per heavy atom. The number of rotatable bonds is 3. The molecule has 0 aliphatic rings. The summed E-state index contributed by atoms with van der Waals surface area (Å²) < 4.78 is 10.6. The number of fused-ring (bicyclic) bond motifs is 1. The number of methoxy groups -OCH3 is 1. The molecule has 3 aromatic rings. The molecule has 0 unspecified atom stereocenters. The lowest BCUT2D eigenvalue weighted by molar-refractivity contribution is 0.415. The van der Waals surface area contributed by atoms with Gasteiger partial charge in [0.2, 0.25) is 5.65 Å². The van der Waals surface area contributed by atoms with E-state index in [1.807, 2.05) is 36.4 Å². The molecule has 3 rings (SSSR count). The smallest absolute Gasteiger partial charge is 0.301 e. The van der Waals surface area contributed by atoms with Gasteiger partial charge in [-0.05, 0) is 36.4 Å². The van der Waals surface area contributed by atoms with Crippen molar-refractivity contribution in [3.63, 3.8) is 0 Å². The Balaban J connectivity index is 1.86. The Labute approximate surface area is 103 Å². The molecular formula is C13H11N3O2. The average Bonchev–Trinajstić information content (AvgIpc) is 2.82. The van der Waals surface area contributed by atoms with Crippen LogP contribution >= 0.6 is 0 Å². The van der Waals surface area contributed by atoms with Gasteiger partial charge in [0.05, 0.1) is 7.11 Å². The Morgan fingerprint density at radius 2 is 2.00 bits per heavy atom. The Kier molecular flexibility index (Phi) is 2.57. The van der Waals surface area contributed by atoms with Crippen LogP contribution in [0.2, 0.25) is 0 Å². The fraction of sp³-hybridized carbons (Fsp3) is 0.0769. The van der Waals surface area contributed by atoms with E-state index >= 15 is 0 Å². The van der Waals surface area contributed by atoms with Crippen molar-refractivity contribution < 1.29 is 9.15 Å². The lowest BCUT2D eigenvalue weighted by atomic mass is 10.3. The van der Waals surface area contributed by atoms with E-state index in [9.17, 15) is 0 Å². The molecule has 0 spiro atoms. The molecule has 0 amide bonds. The van der Waals surface area contributed by atoms with E-state index in [2.05, 4.69) is 15.3 Å². The van der Waals surface area contributed by atoms with Crippen LogP contribution in [0.25, 0.3) is 11.2 Å². The number of hydrogen-bond donors (Lipinski definition) is 1. The largest absolute Gasteiger partial charge is 0.497 e. The first-order valence-electron chi connectivity index (χ1n) is 5.48. The number of aromatic nitrogens is 2. The molecule has 0 radical (unpaired) electrons. The number of ether oxygens (including phenoxy) is 1. The molecule has 5 heteroatoms. The van der Waals surface area contributed by atoms with Gasteiger partial charge in [0.25, 0.3) is 0 Å². The molecule has 1 aromatic carbocycles. The molecule has 0 aliphatic carbocycles. The first kappa shape index (κ1) is 10.6. The van der Waals surface area contributed by atoms with E-state index in [4.69, 9.17) is 9.15 Å². The Bertz CT molecular complexity index is 628. The van der Waals surface area contributed by atoms with Crippen LogP contribution < -0.4 is 10.1 Å². The van der Waals surface area contributed by atoms with Gasteiger partial charge in [0.1, 0.15) is 5.75 Å². The first-order chi connectivity index (χ1) is 8.85. The summed E-state index contributed by atoms with van der Waals surface area (Å²) in [6.07, 6.45) is 1.68. The van der Waals surface area contributed by atoms with Crippen LogP contribution in [0.5, 0.6) is 5.75 Å². The van der Waals surface area contributed by atoms with E-state index < -0.39 is 0 Å². The van der Waals surface area contributed by atoms with Crippen LogP contribution in [0.3, 0.4) is 0 Å². The molecule has 0 saturated heterocycles. The second-order valence-electron chi connectivity index (χ2n) is 3.70. The predicted molar refractivity (Wildman–Crippen MR) is 68.1 cm³/mol. The zero-order valence-corrected chi connectivity index (χ0v) is 9.75. The van der Waals surface area contributed by atoms with Crippen molar-refractivity contribution in [3.05, 3.63) is 42.6 Å². The normalized spacial score (nSPS) is 10.5. The van der Waals surface area contributed by atoms with Crippen molar-refractivity contribution in [2.45, 2.75) is 0 Å². The molecule has 0 bridgehead atoms. The minimum Gasteiger partial charge on any atom is -0.497 e. The van der Waals surface area contributed by atoms with Gasteiger partial charge in [-0.2, -0.15) is 4.98 Å². The molecule has 90 valence electrons. The summed E-state index contributed by atoms with van der Waals surface area (Å²) in [4.78, 5) is 8.34. The second-order valence-corrected chi connectivity index (χ2v) is 3.70. The minimum absolute atomic E-state index is 0.425. The number of nitrogens with zero attached hydrogens (tertiary/aromatic N) is 2. The fourth-order valence-corrected chi connectivity index (χ4v) is 1.62. The molecule has 0 saturated carbocycles. The molecule has 0 aliphatic heterocycles. The standard InChI is InChI=1S/C13H11N3O2/c1-17-10-6-4-9(5-7-10)15-13-16-12-11(18-13)3-2-8-14-12/h2-8H,1H3,(H,14,15,16). The average molecular weight is 241 g/mol. The second kappa shape index (κ2) is 4.37. The Morgan fingerprint density at radius 3 is 2.72 bits per heavy atom. The lowest BCUT2D eigenvalue weighted by Crippen LogP contribution is -1.90. The van der Waals surface area contributed by atoms with Crippen LogP contribution in [-0.2, 0) is 0 Å². The number of benzene rings is 1. The molecule has 0 fully saturated rings. The van der Waals surface area contributed by atoms with Crippen molar-refractivity contribution >= 4 is 22.9 Å². The number of pyridine rings is 1. The summed E-state index contributed by atoms with van der Waals surface area (Å²) in [5.41, 5.74) is 2.13. The van der Waals surface area contributed by atoms with E-state index in [0.717, 1.165) is 11.4 Å². The van der Waals surface area contributed by atoms with Gasteiger partial charge < -0.3 is 14.5 Å². The van der Waals surface area contributed by atoms with Crippen LogP contribution in [0.4, 0.5) is 11.7 Å². The van der Waals surface area contributed by atoms with Gasteiger partial charge in [0, 0.05) is 11.9 Å². The fourth-order valence-electron chi connectivity index (χ4n) is 1.62. The topological polar surface area (TPSA) is 60.2 Å². The zero-order chi connectivity index (χ0) is 12.4. The maximum Gasteiger partial charge on any atom is 0.301 e. The third kappa shape index (κ3) is 1.98. The molecular weight excluding hydrogens is 230 g/mol. The predicted octanol–water partition coefficient (Wildman–Crippen LogP) is 2.98. The number of oxazole rings is 1. The van der Waals surface area contributed by atoms with Crippen molar-refractivity contribution in [1.82, 2.24) is 9.97 Å². The molecule has 18 heavy (non-hydrogen) atoms. The van der Waals surface area contributed by atoms with Gasteiger partial charge in [0.15, 0.2) is 5.58 Å². The van der Waals surface area contributed by atoms with Gasteiger partial charge in [-0.3, -0.25) is 0 Å². The van der Waals surface area contributed by atoms with E-state index in [-0.39, 0.29) is 0 Å². The lowest BCUT2D eigenvalue weighted by Gasteiger charge is -2.02. The van der Waals surface area contributed by atoms with Crippen molar-refractivity contribution in [1.29, 1.82) is 0 Å². The number of hydrogen-bond acceptors (Lipinski definition) is 5. The monoisotopic (exact) mass is 241 g/mol. The quantitative estimate of drug-likeness (QED) is 0.763. The highest BCUT2D eigenvalue weighted by atomic mass is 16.5. The number of anilines is 2. The van der Waals surface area contributed by atoms with Crippen LogP contribution in [0, 0.1) is 0 Å². The summed E-state index contributed by atoms with van der Waals surface area (Å²) in [5.74, 6) is 0.805. The van der Waals surface area contributed by atoms with Gasteiger partial charge in [-0.15, -0.1) is 0 Å². The summed E-state index contributed by atoms with van der Waals surface area (Å²) in [6.45, 7) is 0. The molecule has 2 aromatic heterocycles. The Hall–Kier alpha value is -2.56. The van der Waals surface area contributed by atoms with Crippen LogP contribution in [0.1, 0.15) is 0 Å². The summed E-state index contributed by atoms with van der Waals surface area (Å²) in [5, 5.41) is 3.07. The van der Waals surface area contributed by atoms with E-state index in [0.29, 0.717) is 17.2 Å². The minimum atomic E-state index is 0.425. The van der Waals surface area contributed by atoms with Gasteiger partial charge in [-0.1, -0.05) is 0 Å². The molecule has 0 atom stereocenters. The highest BCUT2D eigenvalue weighted by Gasteiger charge is 2.05. The highest BCUT2D eigenvalue weighted by molar-refractivity contribution is 5.70. The van der Waals surface area contributed by atoms with Crippen molar-refractivity contribution in [2.24, 2.45) is 0 Å². The maximum atomic E-state index is 5.51. The van der Waals surface area contributed by atoms with Crippen molar-refractivity contribution in [2.75, 3.05) is 12.4 Å². The number of nitrogens with one attached hydrogen (secondary N) is 1. The van der Waals surface area contributed by atoms with Gasteiger partial charge >= 0.3 is 6.01 Å². The van der Waals surface area contributed by atoms with Gasteiger partial charge in [-0.25, -0.2) is 4.98 Å². The summed E-state index contributed by atoms with van der Waals surface area (Å²) in [7, 11) is 1.63. The van der Waals surface area contributed by atoms with E-state index in [1.54, 1.807) is 13.3 Å². The van der Waals surface area contributed by atoms with E-state index in [1.165, 1.54) is 0 Å². The molecule has 5 nitrogen and oxygen atoms in total. The van der Waals surface area contributed by atoms with Crippen LogP contribution in [-0.4, -0.2) is 17.1 Å². The van der Waals surface area contributed by atoms with Crippen molar-refractivity contribution in [3.8, 4) is 5.75 Å². The third-order valence-electron chi connectivity index (χ3n) is 2.51. The SMILES string of the molecule is COc1ccc(Nc2nc3ncccc3o2)cc1.